The number of nitrogens with zero attached hydrogens (tertiary/aromatic N) is 4. The standard InChI is InChI=1S/C30H33FN6O2S/c1-20(38)32-21-6-5-7-24(18-21)39-29-28-26(12-17-40-28)34-30(35-29)33-22-8-9-27(25(31)19-22)37-15-10-23(11-16-37)36-13-3-2-4-14-36/h5-9,12,17-19,23H,2-4,10-11,13-16H2,1H3,(H,32,38)(H,33,34,35). The number of halogens is 1. The predicted octanol–water partition coefficient (Wildman–Crippen LogP) is 6.78. The van der Waals surface area contributed by atoms with Gasteiger partial charge in [0.15, 0.2) is 0 Å². The Bertz CT molecular complexity index is 1500. The van der Waals surface area contributed by atoms with E-state index in [-0.39, 0.29) is 11.7 Å². The van der Waals surface area contributed by atoms with E-state index in [9.17, 15) is 4.79 Å². The minimum Gasteiger partial charge on any atom is -0.437 e. The lowest BCUT2D eigenvalue weighted by Gasteiger charge is -2.41. The molecule has 4 aromatic rings. The van der Waals surface area contributed by atoms with Gasteiger partial charge in [0, 0.05) is 43.5 Å². The van der Waals surface area contributed by atoms with Crippen molar-refractivity contribution in [2.45, 2.75) is 45.1 Å². The van der Waals surface area contributed by atoms with E-state index in [0.29, 0.717) is 40.7 Å². The minimum atomic E-state index is -0.260. The van der Waals surface area contributed by atoms with Crippen molar-refractivity contribution in [3.05, 3.63) is 59.7 Å². The Balaban J connectivity index is 1.16. The molecule has 6 rings (SSSR count). The molecule has 0 aliphatic carbocycles. The van der Waals surface area contributed by atoms with Crippen molar-refractivity contribution >= 4 is 50.5 Å². The van der Waals surface area contributed by atoms with Crippen LogP contribution in [0.3, 0.4) is 0 Å². The van der Waals surface area contributed by atoms with Gasteiger partial charge in [-0.25, -0.2) is 9.37 Å². The van der Waals surface area contributed by atoms with Crippen LogP contribution in [-0.2, 0) is 4.79 Å². The van der Waals surface area contributed by atoms with Gasteiger partial charge in [0.25, 0.3) is 0 Å². The summed E-state index contributed by atoms with van der Waals surface area (Å²) in [6, 6.07) is 14.8. The molecule has 1 amide bonds. The fraction of sp³-hybridized carbons (Fsp3) is 0.367. The zero-order valence-electron chi connectivity index (χ0n) is 22.5. The highest BCUT2D eigenvalue weighted by Crippen LogP contribution is 2.34. The molecule has 2 saturated heterocycles. The second-order valence-electron chi connectivity index (χ2n) is 10.4. The van der Waals surface area contributed by atoms with E-state index in [1.54, 1.807) is 24.3 Å². The number of hydrogen-bond donors (Lipinski definition) is 2. The molecule has 8 nitrogen and oxygen atoms in total. The second-order valence-corrected chi connectivity index (χ2v) is 11.3. The molecular formula is C30H33FN6O2S. The maximum absolute atomic E-state index is 15.3. The number of fused-ring (bicyclic) bond motifs is 1. The highest BCUT2D eigenvalue weighted by molar-refractivity contribution is 7.17. The summed E-state index contributed by atoms with van der Waals surface area (Å²) in [6.07, 6.45) is 6.08. The molecule has 0 saturated carbocycles. The number of carbonyl (C=O) groups is 1. The number of benzene rings is 2. The van der Waals surface area contributed by atoms with Gasteiger partial charge in [0.05, 0.1) is 11.2 Å². The van der Waals surface area contributed by atoms with E-state index in [1.807, 2.05) is 23.6 Å². The van der Waals surface area contributed by atoms with Crippen LogP contribution in [-0.4, -0.2) is 53.0 Å². The second kappa shape index (κ2) is 11.8. The third-order valence-electron chi connectivity index (χ3n) is 7.56. The summed E-state index contributed by atoms with van der Waals surface area (Å²) in [6.45, 7) is 5.60. The lowest BCUT2D eigenvalue weighted by molar-refractivity contribution is -0.114. The van der Waals surface area contributed by atoms with Crippen LogP contribution >= 0.6 is 11.3 Å². The zero-order chi connectivity index (χ0) is 27.5. The van der Waals surface area contributed by atoms with Crippen molar-refractivity contribution in [3.63, 3.8) is 0 Å². The third kappa shape index (κ3) is 6.03. The van der Waals surface area contributed by atoms with Gasteiger partial charge in [-0.1, -0.05) is 12.5 Å². The predicted molar refractivity (Wildman–Crippen MR) is 159 cm³/mol. The van der Waals surface area contributed by atoms with Crippen LogP contribution < -0.4 is 20.3 Å². The van der Waals surface area contributed by atoms with Crippen LogP contribution in [0.15, 0.2) is 53.9 Å². The first kappa shape index (κ1) is 26.5. The Morgan fingerprint density at radius 1 is 1.00 bits per heavy atom. The van der Waals surface area contributed by atoms with Crippen molar-refractivity contribution in [3.8, 4) is 11.6 Å². The van der Waals surface area contributed by atoms with Gasteiger partial charge in [0.1, 0.15) is 16.3 Å². The Morgan fingerprint density at radius 2 is 1.82 bits per heavy atom. The van der Waals surface area contributed by atoms with Gasteiger partial charge in [-0.15, -0.1) is 11.3 Å². The third-order valence-corrected chi connectivity index (χ3v) is 8.45. The Hall–Kier alpha value is -3.76. The molecule has 2 aromatic carbocycles. The summed E-state index contributed by atoms with van der Waals surface area (Å²) in [7, 11) is 0. The van der Waals surface area contributed by atoms with Crippen LogP contribution in [0.25, 0.3) is 10.2 Å². The maximum Gasteiger partial charge on any atom is 0.242 e. The quantitative estimate of drug-likeness (QED) is 0.258. The molecule has 0 atom stereocenters. The number of thiophene rings is 1. The molecule has 2 aliphatic rings. The van der Waals surface area contributed by atoms with Crippen molar-refractivity contribution in [2.24, 2.45) is 0 Å². The first-order valence-electron chi connectivity index (χ1n) is 13.9. The lowest BCUT2D eigenvalue weighted by atomic mass is 9.99. The van der Waals surface area contributed by atoms with Gasteiger partial charge in [-0.3, -0.25) is 4.79 Å². The molecule has 0 bridgehead atoms. The molecule has 0 spiro atoms. The summed E-state index contributed by atoms with van der Waals surface area (Å²) in [5, 5.41) is 7.83. The molecule has 2 aromatic heterocycles. The molecule has 40 heavy (non-hydrogen) atoms. The van der Waals surface area contributed by atoms with E-state index >= 15 is 4.39 Å². The molecule has 2 aliphatic heterocycles. The van der Waals surface area contributed by atoms with Crippen molar-refractivity contribution in [1.82, 2.24) is 14.9 Å². The van der Waals surface area contributed by atoms with E-state index in [4.69, 9.17) is 4.74 Å². The average molecular weight is 561 g/mol. The van der Waals surface area contributed by atoms with E-state index < -0.39 is 0 Å². The van der Waals surface area contributed by atoms with Gasteiger partial charge in [-0.2, -0.15) is 4.98 Å². The summed E-state index contributed by atoms with van der Waals surface area (Å²) in [4.78, 5) is 25.4. The van der Waals surface area contributed by atoms with Crippen LogP contribution in [0.5, 0.6) is 11.6 Å². The summed E-state index contributed by atoms with van der Waals surface area (Å²) in [5.74, 6) is 0.811. The normalized spacial score (nSPS) is 16.7. The van der Waals surface area contributed by atoms with Crippen molar-refractivity contribution in [1.29, 1.82) is 0 Å². The zero-order valence-corrected chi connectivity index (χ0v) is 23.3. The van der Waals surface area contributed by atoms with Crippen LogP contribution in [0.2, 0.25) is 0 Å². The van der Waals surface area contributed by atoms with Gasteiger partial charge < -0.3 is 25.2 Å². The van der Waals surface area contributed by atoms with Gasteiger partial charge in [-0.05, 0) is 80.6 Å². The number of piperidine rings is 2. The fourth-order valence-corrected chi connectivity index (χ4v) is 6.40. The first-order chi connectivity index (χ1) is 19.5. The number of amides is 1. The molecule has 2 fully saturated rings. The highest BCUT2D eigenvalue weighted by atomic mass is 32.1. The molecule has 208 valence electrons. The first-order valence-corrected chi connectivity index (χ1v) is 14.8. The summed E-state index contributed by atoms with van der Waals surface area (Å²) < 4.78 is 22.2. The topological polar surface area (TPSA) is 82.6 Å². The van der Waals surface area contributed by atoms with Gasteiger partial charge in [0.2, 0.25) is 17.7 Å². The highest BCUT2D eigenvalue weighted by Gasteiger charge is 2.26. The van der Waals surface area contributed by atoms with E-state index in [2.05, 4.69) is 30.4 Å². The van der Waals surface area contributed by atoms with Crippen LogP contribution in [0, 0.1) is 5.82 Å². The molecule has 0 unspecified atom stereocenters. The smallest absolute Gasteiger partial charge is 0.242 e. The number of carbonyl (C=O) groups excluding carboxylic acids is 1. The van der Waals surface area contributed by atoms with Crippen molar-refractivity contribution in [2.75, 3.05) is 41.7 Å². The average Bonchev–Trinajstić information content (AvgIpc) is 3.43. The number of hydrogen-bond acceptors (Lipinski definition) is 8. The molecule has 10 heteroatoms. The summed E-state index contributed by atoms with van der Waals surface area (Å²) in [5.41, 5.74) is 2.56. The number of rotatable bonds is 7. The van der Waals surface area contributed by atoms with Crippen LogP contribution in [0.1, 0.15) is 39.0 Å². The lowest BCUT2D eigenvalue weighted by Crippen LogP contribution is -2.46. The maximum atomic E-state index is 15.3. The number of likely N-dealkylation sites (tertiary alicyclic amines) is 1. The minimum absolute atomic E-state index is 0.161. The van der Waals surface area contributed by atoms with E-state index in [0.717, 1.165) is 36.1 Å². The number of ether oxygens (including phenoxy) is 1. The SMILES string of the molecule is CC(=O)Nc1cccc(Oc2nc(Nc3ccc(N4CCC(N5CCCCC5)CC4)c(F)c3)nc3ccsc23)c1. The largest absolute Gasteiger partial charge is 0.437 e. The number of nitrogens with one attached hydrogen (secondary N) is 2. The Labute approximate surface area is 237 Å². The Kier molecular flexibility index (Phi) is 7.79. The molecule has 4 heterocycles. The monoisotopic (exact) mass is 560 g/mol. The number of aromatic nitrogens is 2. The Morgan fingerprint density at radius 3 is 2.60 bits per heavy atom. The summed E-state index contributed by atoms with van der Waals surface area (Å²) >= 11 is 1.48. The van der Waals surface area contributed by atoms with Crippen LogP contribution in [0.4, 0.5) is 27.4 Å². The molecular weight excluding hydrogens is 527 g/mol. The van der Waals surface area contributed by atoms with Gasteiger partial charge >= 0.3 is 0 Å². The molecule has 0 radical (unpaired) electrons. The fourth-order valence-electron chi connectivity index (χ4n) is 5.64. The van der Waals surface area contributed by atoms with Crippen molar-refractivity contribution < 1.29 is 13.9 Å². The number of anilines is 4. The van der Waals surface area contributed by atoms with E-state index in [1.165, 1.54) is 56.7 Å². The molecule has 2 N–H and O–H groups in total.